The molecule has 0 saturated carbocycles. The number of aryl methyl sites for hydroxylation is 1. The number of anilines is 1. The minimum atomic E-state index is 0.399. The molecule has 0 aliphatic heterocycles. The Morgan fingerprint density at radius 2 is 1.69 bits per heavy atom. The molecule has 0 bridgehead atoms. The van der Waals surface area contributed by atoms with Gasteiger partial charge in [0, 0.05) is 11.6 Å². The molecule has 1 aromatic rings. The lowest BCUT2D eigenvalue weighted by atomic mass is 10.1. The maximum atomic E-state index is 5.21. The first-order valence-corrected chi connectivity index (χ1v) is 6.44. The van der Waals surface area contributed by atoms with Crippen LogP contribution in [-0.2, 0) is 6.42 Å². The molecule has 0 amide bonds. The van der Waals surface area contributed by atoms with Crippen LogP contribution in [0.15, 0.2) is 24.3 Å². The average Bonchev–Trinajstić information content (AvgIpc) is 2.32. The second-order valence-corrected chi connectivity index (χ2v) is 4.13. The largest absolute Gasteiger partial charge is 0.350 e. The van der Waals surface area contributed by atoms with Gasteiger partial charge in [-0.15, -0.1) is 0 Å². The van der Waals surface area contributed by atoms with Gasteiger partial charge in [0.05, 0.1) is 4.99 Å². The smallest absolute Gasteiger partial charge is 0.0823 e. The third kappa shape index (κ3) is 5.26. The Bertz CT molecular complexity index is 301. The van der Waals surface area contributed by atoms with Crippen LogP contribution in [0, 0.1) is 5.92 Å². The highest BCUT2D eigenvalue weighted by molar-refractivity contribution is 7.80. The van der Waals surface area contributed by atoms with Gasteiger partial charge in [-0.1, -0.05) is 59.0 Å². The van der Waals surface area contributed by atoms with Crippen LogP contribution in [-0.4, -0.2) is 4.99 Å². The SMILES string of the molecule is CC.CCc1ccc(NC(=S)C(C)C)cc1. The summed E-state index contributed by atoms with van der Waals surface area (Å²) in [5.74, 6) is 0.399. The highest BCUT2D eigenvalue weighted by Crippen LogP contribution is 2.11. The quantitative estimate of drug-likeness (QED) is 0.767. The van der Waals surface area contributed by atoms with Gasteiger partial charge in [-0.3, -0.25) is 0 Å². The van der Waals surface area contributed by atoms with Gasteiger partial charge in [0.15, 0.2) is 0 Å². The summed E-state index contributed by atoms with van der Waals surface area (Å²) >= 11 is 5.21. The number of benzene rings is 1. The molecule has 0 saturated heterocycles. The predicted octanol–water partition coefficient (Wildman–Crippen LogP) is 4.67. The van der Waals surface area contributed by atoms with Crippen LogP contribution in [0.4, 0.5) is 5.69 Å². The average molecular weight is 237 g/mol. The van der Waals surface area contributed by atoms with Gasteiger partial charge in [0.2, 0.25) is 0 Å². The molecule has 0 heterocycles. The first-order valence-electron chi connectivity index (χ1n) is 6.03. The number of nitrogens with one attached hydrogen (secondary N) is 1. The molecule has 0 aromatic heterocycles. The third-order valence-corrected chi connectivity index (χ3v) is 2.73. The second kappa shape index (κ2) is 8.28. The summed E-state index contributed by atoms with van der Waals surface area (Å²) in [4.78, 5) is 0.897. The van der Waals surface area contributed by atoms with Gasteiger partial charge in [-0.05, 0) is 24.1 Å². The van der Waals surface area contributed by atoms with Crippen molar-refractivity contribution in [2.75, 3.05) is 5.32 Å². The topological polar surface area (TPSA) is 12.0 Å². The monoisotopic (exact) mass is 237 g/mol. The van der Waals surface area contributed by atoms with Crippen LogP contribution < -0.4 is 5.32 Å². The Hall–Kier alpha value is -0.890. The number of hydrogen-bond donors (Lipinski definition) is 1. The van der Waals surface area contributed by atoms with E-state index in [2.05, 4.69) is 50.4 Å². The molecule has 2 heteroatoms. The van der Waals surface area contributed by atoms with Crippen molar-refractivity contribution in [2.45, 2.75) is 41.0 Å². The minimum absolute atomic E-state index is 0.399. The summed E-state index contributed by atoms with van der Waals surface area (Å²) in [5.41, 5.74) is 2.44. The fraction of sp³-hybridized carbons (Fsp3) is 0.500. The number of rotatable bonds is 3. The lowest BCUT2D eigenvalue weighted by molar-refractivity contribution is 0.898. The molecule has 0 radical (unpaired) electrons. The lowest BCUT2D eigenvalue weighted by Gasteiger charge is -2.10. The van der Waals surface area contributed by atoms with Crippen LogP contribution in [0.3, 0.4) is 0 Å². The van der Waals surface area contributed by atoms with Crippen molar-refractivity contribution in [1.82, 2.24) is 0 Å². The molecule has 90 valence electrons. The van der Waals surface area contributed by atoms with Crippen molar-refractivity contribution >= 4 is 22.9 Å². The molecular formula is C14H23NS. The molecule has 16 heavy (non-hydrogen) atoms. The van der Waals surface area contributed by atoms with E-state index in [9.17, 15) is 0 Å². The van der Waals surface area contributed by atoms with E-state index in [1.165, 1.54) is 5.56 Å². The summed E-state index contributed by atoms with van der Waals surface area (Å²) in [5, 5.41) is 3.22. The number of hydrogen-bond acceptors (Lipinski definition) is 1. The molecule has 0 aliphatic rings. The number of thiocarbonyl (C=S) groups is 1. The zero-order valence-corrected chi connectivity index (χ0v) is 11.8. The van der Waals surface area contributed by atoms with Gasteiger partial charge >= 0.3 is 0 Å². The molecule has 0 atom stereocenters. The summed E-state index contributed by atoms with van der Waals surface area (Å²) in [6.45, 7) is 10.3. The van der Waals surface area contributed by atoms with Crippen molar-refractivity contribution in [2.24, 2.45) is 5.92 Å². The fourth-order valence-corrected chi connectivity index (χ4v) is 1.23. The highest BCUT2D eigenvalue weighted by Gasteiger charge is 2.01. The highest BCUT2D eigenvalue weighted by atomic mass is 32.1. The van der Waals surface area contributed by atoms with Crippen LogP contribution >= 0.6 is 12.2 Å². The Balaban J connectivity index is 0.00000106. The lowest BCUT2D eigenvalue weighted by Crippen LogP contribution is -2.15. The Morgan fingerprint density at radius 1 is 1.19 bits per heavy atom. The van der Waals surface area contributed by atoms with Crippen molar-refractivity contribution in [3.63, 3.8) is 0 Å². The summed E-state index contributed by atoms with van der Waals surface area (Å²) in [6, 6.07) is 8.41. The third-order valence-electron chi connectivity index (χ3n) is 2.15. The van der Waals surface area contributed by atoms with E-state index in [0.717, 1.165) is 17.1 Å². The van der Waals surface area contributed by atoms with Gasteiger partial charge < -0.3 is 5.32 Å². The zero-order valence-electron chi connectivity index (χ0n) is 11.0. The van der Waals surface area contributed by atoms with E-state index >= 15 is 0 Å². The predicted molar refractivity (Wildman–Crippen MR) is 78.2 cm³/mol. The maximum absolute atomic E-state index is 5.21. The van der Waals surface area contributed by atoms with Crippen LogP contribution in [0.1, 0.15) is 40.2 Å². The molecule has 0 unspecified atom stereocenters. The van der Waals surface area contributed by atoms with Crippen molar-refractivity contribution in [3.05, 3.63) is 29.8 Å². The van der Waals surface area contributed by atoms with Crippen LogP contribution in [0.5, 0.6) is 0 Å². The molecular weight excluding hydrogens is 214 g/mol. The Morgan fingerprint density at radius 3 is 2.06 bits per heavy atom. The van der Waals surface area contributed by atoms with Crippen molar-refractivity contribution < 1.29 is 0 Å². The van der Waals surface area contributed by atoms with Crippen LogP contribution in [0.25, 0.3) is 0 Å². The van der Waals surface area contributed by atoms with E-state index in [-0.39, 0.29) is 0 Å². The molecule has 0 aliphatic carbocycles. The summed E-state index contributed by atoms with van der Waals surface area (Å²) < 4.78 is 0. The second-order valence-electron chi connectivity index (χ2n) is 3.69. The fourth-order valence-electron chi connectivity index (χ4n) is 1.11. The Kier molecular flexibility index (Phi) is 7.82. The summed E-state index contributed by atoms with van der Waals surface area (Å²) in [7, 11) is 0. The molecule has 1 nitrogen and oxygen atoms in total. The van der Waals surface area contributed by atoms with E-state index < -0.39 is 0 Å². The van der Waals surface area contributed by atoms with Gasteiger partial charge in [-0.25, -0.2) is 0 Å². The zero-order chi connectivity index (χ0) is 12.6. The van der Waals surface area contributed by atoms with Crippen molar-refractivity contribution in [1.29, 1.82) is 0 Å². The standard InChI is InChI=1S/C12H17NS.C2H6/c1-4-10-5-7-11(8-6-10)13-12(14)9(2)3;1-2/h5-9H,4H2,1-3H3,(H,13,14);1-2H3. The van der Waals surface area contributed by atoms with E-state index in [1.54, 1.807) is 0 Å². The minimum Gasteiger partial charge on any atom is -0.350 e. The van der Waals surface area contributed by atoms with E-state index in [4.69, 9.17) is 12.2 Å². The van der Waals surface area contributed by atoms with E-state index in [1.807, 2.05) is 13.8 Å². The maximum Gasteiger partial charge on any atom is 0.0823 e. The first kappa shape index (κ1) is 15.1. The van der Waals surface area contributed by atoms with Gasteiger partial charge in [-0.2, -0.15) is 0 Å². The van der Waals surface area contributed by atoms with Gasteiger partial charge in [0.1, 0.15) is 0 Å². The molecule has 1 aromatic carbocycles. The summed E-state index contributed by atoms with van der Waals surface area (Å²) in [6.07, 6.45) is 1.08. The van der Waals surface area contributed by atoms with Crippen molar-refractivity contribution in [3.8, 4) is 0 Å². The molecule has 0 fully saturated rings. The Labute approximate surface area is 105 Å². The molecule has 1 N–H and O–H groups in total. The van der Waals surface area contributed by atoms with Crippen LogP contribution in [0.2, 0.25) is 0 Å². The van der Waals surface area contributed by atoms with Gasteiger partial charge in [0.25, 0.3) is 0 Å². The first-order chi connectivity index (χ1) is 7.63. The molecule has 1 rings (SSSR count). The molecule has 0 spiro atoms. The van der Waals surface area contributed by atoms with E-state index in [0.29, 0.717) is 5.92 Å². The normalized spacial score (nSPS) is 9.38.